The lowest BCUT2D eigenvalue weighted by atomic mass is 10.2. The lowest BCUT2D eigenvalue weighted by Crippen LogP contribution is -2.21. The van der Waals surface area contributed by atoms with Crippen molar-refractivity contribution >= 4 is 17.7 Å². The number of nitrogens with zero attached hydrogens (tertiary/aromatic N) is 4. The molecule has 0 fully saturated rings. The Morgan fingerprint density at radius 2 is 2.07 bits per heavy atom. The quantitative estimate of drug-likeness (QED) is 0.678. The number of rotatable bonds is 7. The Morgan fingerprint density at radius 1 is 1.21 bits per heavy atom. The first-order valence-electron chi connectivity index (χ1n) is 8.68. The molecule has 1 heterocycles. The van der Waals surface area contributed by atoms with Crippen LogP contribution in [0.15, 0.2) is 48.8 Å². The van der Waals surface area contributed by atoms with Crippen LogP contribution in [0.2, 0.25) is 0 Å². The van der Waals surface area contributed by atoms with Crippen LogP contribution in [0.1, 0.15) is 18.1 Å². The minimum Gasteiger partial charge on any atom is -0.493 e. The Kier molecular flexibility index (Phi) is 6.01. The Labute approximate surface area is 162 Å². The van der Waals surface area contributed by atoms with Crippen LogP contribution in [-0.4, -0.2) is 39.8 Å². The zero-order chi connectivity index (χ0) is 19.9. The van der Waals surface area contributed by atoms with Crippen molar-refractivity contribution in [3.63, 3.8) is 0 Å². The SMILES string of the molecule is C/C=C\c1ccc(OCC(=O)Nc2cc(-n3cnnn3)ccc2C)c(OC)c1. The van der Waals surface area contributed by atoms with Crippen molar-refractivity contribution < 1.29 is 14.3 Å². The molecule has 1 aromatic heterocycles. The van der Waals surface area contributed by atoms with E-state index in [9.17, 15) is 4.79 Å². The number of tetrazole rings is 1. The number of allylic oxidation sites excluding steroid dienone is 1. The second kappa shape index (κ2) is 8.81. The summed E-state index contributed by atoms with van der Waals surface area (Å²) < 4.78 is 12.5. The third kappa shape index (κ3) is 4.53. The van der Waals surface area contributed by atoms with Gasteiger partial charge in [0, 0.05) is 5.69 Å². The van der Waals surface area contributed by atoms with E-state index in [4.69, 9.17) is 9.47 Å². The topological polar surface area (TPSA) is 91.2 Å². The number of methoxy groups -OCH3 is 1. The highest BCUT2D eigenvalue weighted by molar-refractivity contribution is 5.93. The van der Waals surface area contributed by atoms with Crippen LogP contribution >= 0.6 is 0 Å². The molecule has 1 amide bonds. The van der Waals surface area contributed by atoms with Gasteiger partial charge in [0.1, 0.15) is 6.33 Å². The van der Waals surface area contributed by atoms with Gasteiger partial charge in [-0.15, -0.1) is 5.10 Å². The minimum atomic E-state index is -0.281. The molecule has 3 rings (SSSR count). The molecule has 0 saturated heterocycles. The summed E-state index contributed by atoms with van der Waals surface area (Å²) in [5.41, 5.74) is 3.31. The van der Waals surface area contributed by atoms with Crippen LogP contribution in [0.4, 0.5) is 5.69 Å². The summed E-state index contributed by atoms with van der Waals surface area (Å²) in [6.07, 6.45) is 5.39. The third-order valence-electron chi connectivity index (χ3n) is 4.01. The second-order valence-electron chi connectivity index (χ2n) is 6.00. The van der Waals surface area contributed by atoms with Crippen LogP contribution < -0.4 is 14.8 Å². The molecule has 0 aliphatic heterocycles. The number of ether oxygens (including phenoxy) is 2. The van der Waals surface area contributed by atoms with Gasteiger partial charge in [0.25, 0.3) is 5.91 Å². The molecule has 3 aromatic rings. The van der Waals surface area contributed by atoms with Gasteiger partial charge in [0.15, 0.2) is 18.1 Å². The number of hydrogen-bond acceptors (Lipinski definition) is 6. The largest absolute Gasteiger partial charge is 0.493 e. The number of hydrogen-bond donors (Lipinski definition) is 1. The molecular formula is C20H21N5O3. The van der Waals surface area contributed by atoms with Crippen molar-refractivity contribution in [2.45, 2.75) is 13.8 Å². The van der Waals surface area contributed by atoms with Crippen molar-refractivity contribution in [3.8, 4) is 17.2 Å². The number of carbonyl (C=O) groups excluding carboxylic acids is 1. The van der Waals surface area contributed by atoms with E-state index in [0.717, 1.165) is 16.8 Å². The smallest absolute Gasteiger partial charge is 0.262 e. The van der Waals surface area contributed by atoms with E-state index in [0.29, 0.717) is 17.2 Å². The van der Waals surface area contributed by atoms with E-state index in [1.807, 2.05) is 50.3 Å². The van der Waals surface area contributed by atoms with E-state index in [-0.39, 0.29) is 12.5 Å². The molecule has 0 atom stereocenters. The lowest BCUT2D eigenvalue weighted by Gasteiger charge is -2.13. The van der Waals surface area contributed by atoms with Crippen molar-refractivity contribution in [1.29, 1.82) is 0 Å². The molecule has 144 valence electrons. The first-order valence-corrected chi connectivity index (χ1v) is 8.68. The van der Waals surface area contributed by atoms with E-state index < -0.39 is 0 Å². The molecule has 0 aliphatic rings. The third-order valence-corrected chi connectivity index (χ3v) is 4.01. The van der Waals surface area contributed by atoms with Gasteiger partial charge in [-0.05, 0) is 59.7 Å². The predicted molar refractivity (Wildman–Crippen MR) is 106 cm³/mol. The number of aromatic nitrogens is 4. The average molecular weight is 379 g/mol. The van der Waals surface area contributed by atoms with E-state index in [1.165, 1.54) is 11.0 Å². The number of nitrogens with one attached hydrogen (secondary N) is 1. The Bertz CT molecular complexity index is 984. The molecule has 28 heavy (non-hydrogen) atoms. The van der Waals surface area contributed by atoms with Gasteiger partial charge in [-0.1, -0.05) is 24.3 Å². The summed E-state index contributed by atoms with van der Waals surface area (Å²) in [5, 5.41) is 13.9. The highest BCUT2D eigenvalue weighted by Gasteiger charge is 2.11. The van der Waals surface area contributed by atoms with Crippen molar-refractivity contribution in [2.24, 2.45) is 0 Å². The maximum Gasteiger partial charge on any atom is 0.262 e. The number of benzene rings is 2. The van der Waals surface area contributed by atoms with Crippen LogP contribution in [0, 0.1) is 6.92 Å². The molecule has 0 aliphatic carbocycles. The Morgan fingerprint density at radius 3 is 2.79 bits per heavy atom. The van der Waals surface area contributed by atoms with Crippen molar-refractivity contribution in [1.82, 2.24) is 20.2 Å². The predicted octanol–water partition coefficient (Wildman–Crippen LogP) is 3.03. The van der Waals surface area contributed by atoms with Gasteiger partial charge in [-0.25, -0.2) is 4.68 Å². The van der Waals surface area contributed by atoms with Crippen LogP contribution in [-0.2, 0) is 4.79 Å². The number of amides is 1. The fourth-order valence-corrected chi connectivity index (χ4v) is 2.60. The molecule has 8 nitrogen and oxygen atoms in total. The summed E-state index contributed by atoms with van der Waals surface area (Å²) in [5.74, 6) is 0.793. The van der Waals surface area contributed by atoms with E-state index >= 15 is 0 Å². The van der Waals surface area contributed by atoms with Crippen LogP contribution in [0.5, 0.6) is 11.5 Å². The molecule has 1 N–H and O–H groups in total. The lowest BCUT2D eigenvalue weighted by molar-refractivity contribution is -0.118. The maximum atomic E-state index is 12.4. The molecule has 8 heteroatoms. The first kappa shape index (κ1) is 19.1. The number of aryl methyl sites for hydroxylation is 1. The van der Waals surface area contributed by atoms with Gasteiger partial charge in [0.2, 0.25) is 0 Å². The number of anilines is 1. The Hall–Kier alpha value is -3.68. The average Bonchev–Trinajstić information content (AvgIpc) is 3.23. The van der Waals surface area contributed by atoms with Gasteiger partial charge >= 0.3 is 0 Å². The summed E-state index contributed by atoms with van der Waals surface area (Å²) in [7, 11) is 1.57. The standard InChI is InChI=1S/C20H21N5O3/c1-4-5-15-7-9-18(19(10-15)27-3)28-12-20(26)22-17-11-16(8-6-14(17)2)25-13-21-23-24-25/h4-11,13H,12H2,1-3H3,(H,22,26)/b5-4-. The summed E-state index contributed by atoms with van der Waals surface area (Å²) >= 11 is 0. The summed E-state index contributed by atoms with van der Waals surface area (Å²) in [6, 6.07) is 11.1. The van der Waals surface area contributed by atoms with Crippen LogP contribution in [0.3, 0.4) is 0 Å². The minimum absolute atomic E-state index is 0.145. The molecule has 0 saturated carbocycles. The molecule has 0 unspecified atom stereocenters. The van der Waals surface area contributed by atoms with Crippen LogP contribution in [0.25, 0.3) is 11.8 Å². The normalized spacial score (nSPS) is 10.8. The second-order valence-corrected chi connectivity index (χ2v) is 6.00. The van der Waals surface area contributed by atoms with Crippen molar-refractivity contribution in [3.05, 3.63) is 59.9 Å². The summed E-state index contributed by atoms with van der Waals surface area (Å²) in [6.45, 7) is 3.70. The highest BCUT2D eigenvalue weighted by atomic mass is 16.5. The molecule has 0 radical (unpaired) electrons. The fraction of sp³-hybridized carbons (Fsp3) is 0.200. The zero-order valence-corrected chi connectivity index (χ0v) is 15.9. The number of carbonyl (C=O) groups is 1. The summed E-state index contributed by atoms with van der Waals surface area (Å²) in [4.78, 5) is 12.4. The molecule has 0 bridgehead atoms. The van der Waals surface area contributed by atoms with Crippen molar-refractivity contribution in [2.75, 3.05) is 19.0 Å². The Balaban J connectivity index is 1.67. The van der Waals surface area contributed by atoms with E-state index in [2.05, 4.69) is 20.8 Å². The molecule has 2 aromatic carbocycles. The zero-order valence-electron chi connectivity index (χ0n) is 15.9. The van der Waals surface area contributed by atoms with Gasteiger partial charge in [-0.3, -0.25) is 4.79 Å². The fourth-order valence-electron chi connectivity index (χ4n) is 2.60. The van der Waals surface area contributed by atoms with E-state index in [1.54, 1.807) is 19.2 Å². The van der Waals surface area contributed by atoms with Gasteiger partial charge in [-0.2, -0.15) is 0 Å². The maximum absolute atomic E-state index is 12.4. The molecule has 0 spiro atoms. The highest BCUT2D eigenvalue weighted by Crippen LogP contribution is 2.28. The van der Waals surface area contributed by atoms with Gasteiger partial charge in [0.05, 0.1) is 12.8 Å². The first-order chi connectivity index (χ1) is 13.6. The molecular weight excluding hydrogens is 358 g/mol. The monoisotopic (exact) mass is 379 g/mol. The van der Waals surface area contributed by atoms with Gasteiger partial charge < -0.3 is 14.8 Å².